The third-order valence-corrected chi connectivity index (χ3v) is 5.02. The zero-order valence-electron chi connectivity index (χ0n) is 11.7. The van der Waals surface area contributed by atoms with E-state index >= 15 is 0 Å². The second-order valence-electron chi connectivity index (χ2n) is 5.93. The average Bonchev–Trinajstić information content (AvgIpc) is 2.71. The molecule has 3 rings (SSSR count). The maximum absolute atomic E-state index is 5.51. The third kappa shape index (κ3) is 2.59. The van der Waals surface area contributed by atoms with Crippen LogP contribution < -0.4 is 5.32 Å². The normalized spacial score (nSPS) is 22.6. The Kier molecular flexibility index (Phi) is 3.21. The van der Waals surface area contributed by atoms with Crippen molar-refractivity contribution >= 4 is 28.5 Å². The van der Waals surface area contributed by atoms with Crippen molar-refractivity contribution in [2.24, 2.45) is 5.41 Å². The number of hydrogen-bond acceptors (Lipinski definition) is 4. The van der Waals surface area contributed by atoms with Gasteiger partial charge in [0.05, 0.1) is 0 Å². The Balaban J connectivity index is 1.84. The maximum atomic E-state index is 5.51. The highest BCUT2D eigenvalue weighted by atomic mass is 32.2. The summed E-state index contributed by atoms with van der Waals surface area (Å²) in [5.41, 5.74) is 3.28. The molecule has 0 saturated carbocycles. The van der Waals surface area contributed by atoms with E-state index in [4.69, 9.17) is 4.42 Å². The molecule has 0 bridgehead atoms. The minimum absolute atomic E-state index is 0.347. The van der Waals surface area contributed by atoms with Gasteiger partial charge in [-0.2, -0.15) is 11.8 Å². The first-order valence-corrected chi connectivity index (χ1v) is 7.91. The highest BCUT2D eigenvalue weighted by Gasteiger charge is 2.32. The van der Waals surface area contributed by atoms with Crippen molar-refractivity contribution in [3.8, 4) is 0 Å². The summed E-state index contributed by atoms with van der Waals surface area (Å²) in [6.45, 7) is 6.58. The monoisotopic (exact) mass is 276 g/mol. The first-order chi connectivity index (χ1) is 9.04. The molecule has 1 fully saturated rings. The predicted octanol–water partition coefficient (Wildman–Crippen LogP) is 4.08. The number of nitrogens with one attached hydrogen (secondary N) is 1. The molecule has 0 spiro atoms. The zero-order valence-corrected chi connectivity index (χ0v) is 12.5. The van der Waals surface area contributed by atoms with Gasteiger partial charge in [0.2, 0.25) is 0 Å². The topological polar surface area (TPSA) is 38.1 Å². The van der Waals surface area contributed by atoms with Gasteiger partial charge < -0.3 is 9.73 Å². The van der Waals surface area contributed by atoms with Crippen molar-refractivity contribution < 1.29 is 4.42 Å². The molecule has 102 valence electrons. The highest BCUT2D eigenvalue weighted by molar-refractivity contribution is 7.99. The van der Waals surface area contributed by atoms with Gasteiger partial charge in [0, 0.05) is 24.4 Å². The number of fused-ring (bicyclic) bond motifs is 1. The lowest BCUT2D eigenvalue weighted by Gasteiger charge is -2.39. The SMILES string of the molecule is Cc1nc2cc(NC3CSCCC3(C)C)ccc2o1. The molecule has 0 amide bonds. The summed E-state index contributed by atoms with van der Waals surface area (Å²) < 4.78 is 5.51. The number of aryl methyl sites for hydroxylation is 1. The van der Waals surface area contributed by atoms with Crippen molar-refractivity contribution in [1.82, 2.24) is 4.98 Å². The molecule has 2 aromatic rings. The molecule has 1 unspecified atom stereocenters. The van der Waals surface area contributed by atoms with Crippen LogP contribution >= 0.6 is 11.8 Å². The second-order valence-corrected chi connectivity index (χ2v) is 7.08. The van der Waals surface area contributed by atoms with E-state index in [2.05, 4.69) is 36.3 Å². The molecule has 1 atom stereocenters. The van der Waals surface area contributed by atoms with Gasteiger partial charge in [0.25, 0.3) is 0 Å². The molecule has 2 heterocycles. The summed E-state index contributed by atoms with van der Waals surface area (Å²) in [5, 5.41) is 3.67. The molecule has 3 nitrogen and oxygen atoms in total. The van der Waals surface area contributed by atoms with E-state index in [1.165, 1.54) is 17.9 Å². The summed E-state index contributed by atoms with van der Waals surface area (Å²) in [7, 11) is 0. The molecule has 0 radical (unpaired) electrons. The van der Waals surface area contributed by atoms with E-state index in [-0.39, 0.29) is 0 Å². The van der Waals surface area contributed by atoms with Crippen molar-refractivity contribution in [3.63, 3.8) is 0 Å². The van der Waals surface area contributed by atoms with E-state index in [0.29, 0.717) is 11.5 Å². The van der Waals surface area contributed by atoms with E-state index < -0.39 is 0 Å². The Morgan fingerprint density at radius 3 is 3.05 bits per heavy atom. The van der Waals surface area contributed by atoms with Gasteiger partial charge in [-0.25, -0.2) is 4.98 Å². The summed E-state index contributed by atoms with van der Waals surface area (Å²) in [5.74, 6) is 3.16. The molecule has 1 saturated heterocycles. The Morgan fingerprint density at radius 2 is 2.26 bits per heavy atom. The lowest BCUT2D eigenvalue weighted by Crippen LogP contribution is -2.41. The number of thioether (sulfide) groups is 1. The summed E-state index contributed by atoms with van der Waals surface area (Å²) in [4.78, 5) is 4.39. The molecule has 1 aliphatic heterocycles. The molecular weight excluding hydrogens is 256 g/mol. The Labute approximate surface area is 118 Å². The van der Waals surface area contributed by atoms with Crippen molar-refractivity contribution in [3.05, 3.63) is 24.1 Å². The van der Waals surface area contributed by atoms with E-state index in [0.717, 1.165) is 22.7 Å². The molecular formula is C15H20N2OS. The maximum Gasteiger partial charge on any atom is 0.192 e. The minimum Gasteiger partial charge on any atom is -0.441 e. The smallest absolute Gasteiger partial charge is 0.192 e. The van der Waals surface area contributed by atoms with Crippen LogP contribution in [-0.4, -0.2) is 22.5 Å². The van der Waals surface area contributed by atoms with Crippen LogP contribution in [0.25, 0.3) is 11.1 Å². The predicted molar refractivity (Wildman–Crippen MR) is 81.9 cm³/mol. The molecule has 19 heavy (non-hydrogen) atoms. The summed E-state index contributed by atoms with van der Waals surface area (Å²) in [6.07, 6.45) is 1.26. The van der Waals surface area contributed by atoms with Crippen molar-refractivity contribution in [2.75, 3.05) is 16.8 Å². The van der Waals surface area contributed by atoms with Crippen LogP contribution in [0.4, 0.5) is 5.69 Å². The van der Waals surface area contributed by atoms with Gasteiger partial charge in [0.15, 0.2) is 11.5 Å². The number of aromatic nitrogens is 1. The number of rotatable bonds is 2. The summed E-state index contributed by atoms with van der Waals surface area (Å²) >= 11 is 2.04. The van der Waals surface area contributed by atoms with Gasteiger partial charge in [0.1, 0.15) is 5.52 Å². The van der Waals surface area contributed by atoms with Crippen LogP contribution in [0.5, 0.6) is 0 Å². The number of anilines is 1. The van der Waals surface area contributed by atoms with Crippen LogP contribution in [0.15, 0.2) is 22.6 Å². The molecule has 4 heteroatoms. The zero-order chi connectivity index (χ0) is 13.5. The Bertz CT molecular complexity index is 591. The molecule has 1 aromatic heterocycles. The lowest BCUT2D eigenvalue weighted by atomic mass is 9.82. The van der Waals surface area contributed by atoms with Crippen LogP contribution in [0.2, 0.25) is 0 Å². The van der Waals surface area contributed by atoms with Gasteiger partial charge in [-0.15, -0.1) is 0 Å². The highest BCUT2D eigenvalue weighted by Crippen LogP contribution is 2.36. The Hall–Kier alpha value is -1.16. The minimum atomic E-state index is 0.347. The third-order valence-electron chi connectivity index (χ3n) is 3.95. The van der Waals surface area contributed by atoms with Gasteiger partial charge in [-0.3, -0.25) is 0 Å². The quantitative estimate of drug-likeness (QED) is 0.897. The lowest BCUT2D eigenvalue weighted by molar-refractivity contribution is 0.305. The molecule has 1 aromatic carbocycles. The van der Waals surface area contributed by atoms with Crippen molar-refractivity contribution in [2.45, 2.75) is 33.2 Å². The van der Waals surface area contributed by atoms with Crippen molar-refractivity contribution in [1.29, 1.82) is 0 Å². The number of oxazole rings is 1. The van der Waals surface area contributed by atoms with Crippen LogP contribution in [0.1, 0.15) is 26.2 Å². The molecule has 0 aliphatic carbocycles. The Morgan fingerprint density at radius 1 is 1.42 bits per heavy atom. The van der Waals surface area contributed by atoms with Gasteiger partial charge >= 0.3 is 0 Å². The van der Waals surface area contributed by atoms with Gasteiger partial charge in [-0.05, 0) is 35.8 Å². The average molecular weight is 276 g/mol. The first-order valence-electron chi connectivity index (χ1n) is 6.76. The standard InChI is InChI=1S/C15H20N2OS/c1-10-16-12-8-11(4-5-13(12)18-10)17-14-9-19-7-6-15(14,2)3/h4-5,8,14,17H,6-7,9H2,1-3H3. The molecule has 1 aliphatic rings. The van der Waals surface area contributed by atoms with Crippen LogP contribution in [0, 0.1) is 12.3 Å². The second kappa shape index (κ2) is 4.75. The van der Waals surface area contributed by atoms with Crippen LogP contribution in [0.3, 0.4) is 0 Å². The molecule has 1 N–H and O–H groups in total. The van der Waals surface area contributed by atoms with Gasteiger partial charge in [-0.1, -0.05) is 13.8 Å². The summed E-state index contributed by atoms with van der Waals surface area (Å²) in [6, 6.07) is 6.68. The fraction of sp³-hybridized carbons (Fsp3) is 0.533. The fourth-order valence-electron chi connectivity index (χ4n) is 2.51. The van der Waals surface area contributed by atoms with E-state index in [1.807, 2.05) is 24.8 Å². The number of benzene rings is 1. The number of hydrogen-bond donors (Lipinski definition) is 1. The fourth-order valence-corrected chi connectivity index (χ4v) is 4.11. The van der Waals surface area contributed by atoms with Crippen LogP contribution in [-0.2, 0) is 0 Å². The largest absolute Gasteiger partial charge is 0.441 e. The van der Waals surface area contributed by atoms with E-state index in [9.17, 15) is 0 Å². The first kappa shape index (κ1) is 12.9. The van der Waals surface area contributed by atoms with E-state index in [1.54, 1.807) is 0 Å². The number of nitrogens with zero attached hydrogens (tertiary/aromatic N) is 1.